The molecule has 1 unspecified atom stereocenters. The summed E-state index contributed by atoms with van der Waals surface area (Å²) in [5.74, 6) is -1.35. The maximum absolute atomic E-state index is 14.1. The highest BCUT2D eigenvalue weighted by Crippen LogP contribution is 2.36. The minimum absolute atomic E-state index is 0.0974. The highest BCUT2D eigenvalue weighted by atomic mass is 32.2. The van der Waals surface area contributed by atoms with Crippen LogP contribution >= 0.6 is 0 Å². The number of alkyl halides is 3. The maximum Gasteiger partial charge on any atom is 0.422 e. The summed E-state index contributed by atoms with van der Waals surface area (Å²) in [5, 5.41) is 4.50. The van der Waals surface area contributed by atoms with Crippen molar-refractivity contribution in [3.8, 4) is 16.9 Å². The molecular formula is C16H12F4N3O3S-. The second-order valence-electron chi connectivity index (χ2n) is 5.56. The van der Waals surface area contributed by atoms with Crippen molar-refractivity contribution in [1.82, 2.24) is 9.78 Å². The summed E-state index contributed by atoms with van der Waals surface area (Å²) in [6.45, 7) is -1.63. The van der Waals surface area contributed by atoms with Crippen molar-refractivity contribution in [1.29, 1.82) is 0 Å². The van der Waals surface area contributed by atoms with Crippen LogP contribution in [0.5, 0.6) is 5.75 Å². The van der Waals surface area contributed by atoms with E-state index in [0.29, 0.717) is 16.5 Å². The Balaban J connectivity index is 2.06. The molecule has 3 rings (SSSR count). The van der Waals surface area contributed by atoms with E-state index < -0.39 is 35.6 Å². The molecule has 0 amide bonds. The number of rotatable bonds is 5. The van der Waals surface area contributed by atoms with E-state index in [0.717, 1.165) is 6.07 Å². The normalized spacial score (nSPS) is 13.0. The highest BCUT2D eigenvalue weighted by Gasteiger charge is 2.29. The number of fused-ring (bicyclic) bond motifs is 1. The second kappa shape index (κ2) is 7.16. The molecule has 1 N–H and O–H groups in total. The van der Waals surface area contributed by atoms with Crippen molar-refractivity contribution in [3.05, 3.63) is 42.2 Å². The van der Waals surface area contributed by atoms with E-state index in [1.165, 1.54) is 28.9 Å². The van der Waals surface area contributed by atoms with Crippen LogP contribution in [0.2, 0.25) is 0 Å². The predicted octanol–water partition coefficient (Wildman–Crippen LogP) is 3.53. The zero-order valence-electron chi connectivity index (χ0n) is 13.7. The standard InChI is InChI=1S/C16H13F4N3O3S/c1-23-13-7-9(5-6-11(13)15(21-23)22-27(24)25)10-3-2-4-12(17)14(10)26-8-16(18,19)20/h2-7H,8H2,1H3,(H,21,22)(H,24,25)/p-1. The number of aromatic nitrogens is 2. The molecule has 0 saturated heterocycles. The van der Waals surface area contributed by atoms with Gasteiger partial charge in [0, 0.05) is 29.3 Å². The third kappa shape index (κ3) is 4.19. The van der Waals surface area contributed by atoms with Crippen LogP contribution in [0.4, 0.5) is 23.4 Å². The van der Waals surface area contributed by atoms with Crippen molar-refractivity contribution < 1.29 is 31.1 Å². The molecule has 144 valence electrons. The Hall–Kier alpha value is -2.66. The quantitative estimate of drug-likeness (QED) is 0.523. The van der Waals surface area contributed by atoms with Crippen molar-refractivity contribution in [3.63, 3.8) is 0 Å². The molecule has 2 aromatic carbocycles. The van der Waals surface area contributed by atoms with Crippen molar-refractivity contribution >= 4 is 28.0 Å². The highest BCUT2D eigenvalue weighted by molar-refractivity contribution is 7.80. The fourth-order valence-electron chi connectivity index (χ4n) is 2.62. The molecule has 11 heteroatoms. The van der Waals surface area contributed by atoms with Crippen LogP contribution in [-0.4, -0.2) is 31.3 Å². The lowest BCUT2D eigenvalue weighted by molar-refractivity contribution is -0.153. The number of hydrogen-bond donors (Lipinski definition) is 1. The predicted molar refractivity (Wildman–Crippen MR) is 90.2 cm³/mol. The molecule has 27 heavy (non-hydrogen) atoms. The minimum Gasteiger partial charge on any atom is -0.755 e. The van der Waals surface area contributed by atoms with E-state index in [1.807, 2.05) is 0 Å². The first kappa shape index (κ1) is 19.1. The molecule has 6 nitrogen and oxygen atoms in total. The van der Waals surface area contributed by atoms with E-state index in [4.69, 9.17) is 0 Å². The number of benzene rings is 2. The van der Waals surface area contributed by atoms with Crippen LogP contribution < -0.4 is 9.46 Å². The number of ether oxygens (including phenoxy) is 1. The van der Waals surface area contributed by atoms with Gasteiger partial charge in [0.05, 0.1) is 5.52 Å². The molecule has 0 bridgehead atoms. The van der Waals surface area contributed by atoms with Gasteiger partial charge in [-0.3, -0.25) is 13.6 Å². The van der Waals surface area contributed by atoms with E-state index in [1.54, 1.807) is 13.1 Å². The van der Waals surface area contributed by atoms with Crippen LogP contribution in [0.1, 0.15) is 0 Å². The molecule has 0 saturated carbocycles. The number of hydrogen-bond acceptors (Lipinski definition) is 4. The Labute approximate surface area is 153 Å². The maximum atomic E-state index is 14.1. The summed E-state index contributed by atoms with van der Waals surface area (Å²) in [7, 11) is 1.57. The van der Waals surface area contributed by atoms with Crippen molar-refractivity contribution in [2.24, 2.45) is 7.05 Å². The number of nitrogens with one attached hydrogen (secondary N) is 1. The van der Waals surface area contributed by atoms with Crippen LogP contribution in [0.25, 0.3) is 22.0 Å². The summed E-state index contributed by atoms with van der Waals surface area (Å²) in [4.78, 5) is 0. The van der Waals surface area contributed by atoms with E-state index >= 15 is 0 Å². The Morgan fingerprint density at radius 1 is 1.30 bits per heavy atom. The second-order valence-corrected chi connectivity index (χ2v) is 6.23. The van der Waals surface area contributed by atoms with Gasteiger partial charge in [-0.15, -0.1) is 0 Å². The van der Waals surface area contributed by atoms with Crippen LogP contribution in [-0.2, 0) is 18.3 Å². The van der Waals surface area contributed by atoms with Gasteiger partial charge in [0.25, 0.3) is 0 Å². The molecule has 1 heterocycles. The van der Waals surface area contributed by atoms with Gasteiger partial charge in [-0.1, -0.05) is 18.2 Å². The smallest absolute Gasteiger partial charge is 0.422 e. The van der Waals surface area contributed by atoms with E-state index in [-0.39, 0.29) is 11.4 Å². The molecule has 0 radical (unpaired) electrons. The first-order chi connectivity index (χ1) is 12.7. The van der Waals surface area contributed by atoms with Gasteiger partial charge < -0.3 is 9.29 Å². The molecule has 0 aliphatic rings. The fourth-order valence-corrected chi connectivity index (χ4v) is 2.92. The molecule has 0 spiro atoms. The molecule has 0 aliphatic heterocycles. The van der Waals surface area contributed by atoms with E-state index in [9.17, 15) is 26.3 Å². The number of aryl methyl sites for hydroxylation is 1. The minimum atomic E-state index is -4.61. The lowest BCUT2D eigenvalue weighted by atomic mass is 10.0. The fraction of sp³-hybridized carbons (Fsp3) is 0.188. The van der Waals surface area contributed by atoms with Crippen LogP contribution in [0.3, 0.4) is 0 Å². The number of para-hydroxylation sites is 1. The summed E-state index contributed by atoms with van der Waals surface area (Å²) >= 11 is -2.57. The van der Waals surface area contributed by atoms with Crippen LogP contribution in [0, 0.1) is 5.82 Å². The average Bonchev–Trinajstić information content (AvgIpc) is 2.87. The number of anilines is 1. The lowest BCUT2D eigenvalue weighted by Crippen LogP contribution is -2.20. The zero-order chi connectivity index (χ0) is 19.8. The van der Waals surface area contributed by atoms with Crippen molar-refractivity contribution in [2.45, 2.75) is 6.18 Å². The molecule has 1 atom stereocenters. The molecule has 3 aromatic rings. The average molecular weight is 402 g/mol. The molecule has 0 aliphatic carbocycles. The van der Waals surface area contributed by atoms with Gasteiger partial charge in [-0.05, 0) is 23.8 Å². The molecule has 0 fully saturated rings. The third-order valence-corrected chi connectivity index (χ3v) is 4.05. The number of halogens is 4. The Kier molecular flexibility index (Phi) is 5.07. The van der Waals surface area contributed by atoms with Gasteiger partial charge in [0.1, 0.15) is 0 Å². The van der Waals surface area contributed by atoms with Gasteiger partial charge in [0.15, 0.2) is 24.0 Å². The first-order valence-electron chi connectivity index (χ1n) is 7.47. The van der Waals surface area contributed by atoms with E-state index in [2.05, 4.69) is 14.6 Å². The third-order valence-electron chi connectivity index (χ3n) is 3.69. The van der Waals surface area contributed by atoms with Gasteiger partial charge in [0.2, 0.25) is 0 Å². The summed E-state index contributed by atoms with van der Waals surface area (Å²) in [6, 6.07) is 8.38. The molecule has 1 aromatic heterocycles. The van der Waals surface area contributed by atoms with Crippen LogP contribution in [0.15, 0.2) is 36.4 Å². The zero-order valence-corrected chi connectivity index (χ0v) is 14.5. The summed E-state index contributed by atoms with van der Waals surface area (Å²) in [6.07, 6.45) is -4.61. The summed E-state index contributed by atoms with van der Waals surface area (Å²) in [5.41, 5.74) is 1.01. The lowest BCUT2D eigenvalue weighted by Gasteiger charge is -2.14. The number of nitrogens with zero attached hydrogens (tertiary/aromatic N) is 2. The van der Waals surface area contributed by atoms with Gasteiger partial charge in [-0.25, -0.2) is 4.39 Å². The Morgan fingerprint density at radius 2 is 2.04 bits per heavy atom. The first-order valence-corrected chi connectivity index (χ1v) is 8.54. The monoisotopic (exact) mass is 402 g/mol. The topological polar surface area (TPSA) is 79.2 Å². The Bertz CT molecular complexity index is 1020. The van der Waals surface area contributed by atoms with Gasteiger partial charge in [-0.2, -0.15) is 18.3 Å². The summed E-state index contributed by atoms with van der Waals surface area (Å²) < 4.78 is 81.3. The largest absolute Gasteiger partial charge is 0.755 e. The van der Waals surface area contributed by atoms with Crippen molar-refractivity contribution in [2.75, 3.05) is 11.3 Å². The SMILES string of the molecule is Cn1nc(NS(=O)[O-])c2ccc(-c3cccc(F)c3OCC(F)(F)F)cc21. The molecular weight excluding hydrogens is 390 g/mol. The Morgan fingerprint density at radius 3 is 2.70 bits per heavy atom. The van der Waals surface area contributed by atoms with Gasteiger partial charge >= 0.3 is 6.18 Å².